The molecule has 0 atom stereocenters. The van der Waals surface area contributed by atoms with Crippen molar-refractivity contribution in [3.63, 3.8) is 0 Å². The second-order valence-electron chi connectivity index (χ2n) is 2.82. The number of nitrogens with zero attached hydrogens (tertiary/aromatic N) is 1. The van der Waals surface area contributed by atoms with Crippen LogP contribution in [0.1, 0.15) is 19.5 Å². The first kappa shape index (κ1) is 13.4. The van der Waals surface area contributed by atoms with Gasteiger partial charge in [-0.1, -0.05) is 0 Å². The molecule has 0 bridgehead atoms. The zero-order valence-corrected chi connectivity index (χ0v) is 11.1. The zero-order valence-electron chi connectivity index (χ0n) is 9.34. The van der Waals surface area contributed by atoms with Crippen LogP contribution >= 0.6 is 6.64 Å². The summed E-state index contributed by atoms with van der Waals surface area (Å²) in [5, 5.41) is 6.78. The standard InChI is InChI=1S/C9H16N3O2PS/c1-3-13-15(16,14-4-2)12-11-8-9-6-5-7-10-9/h5-8,10H,3-4H2,1-2H3,(H,12,16)/b11-8+. The van der Waals surface area contributed by atoms with E-state index in [1.165, 1.54) is 0 Å². The van der Waals surface area contributed by atoms with Gasteiger partial charge < -0.3 is 14.0 Å². The number of aromatic nitrogens is 1. The molecule has 16 heavy (non-hydrogen) atoms. The lowest BCUT2D eigenvalue weighted by Crippen LogP contribution is -2.09. The Kier molecular flexibility index (Phi) is 5.69. The van der Waals surface area contributed by atoms with Crippen molar-refractivity contribution in [2.75, 3.05) is 13.2 Å². The second-order valence-corrected chi connectivity index (χ2v) is 5.97. The first-order valence-electron chi connectivity index (χ1n) is 5.03. The van der Waals surface area contributed by atoms with Crippen molar-refractivity contribution >= 4 is 24.7 Å². The van der Waals surface area contributed by atoms with Crippen molar-refractivity contribution in [3.8, 4) is 0 Å². The summed E-state index contributed by atoms with van der Waals surface area (Å²) in [5.74, 6) is 0. The quantitative estimate of drug-likeness (QED) is 0.449. The van der Waals surface area contributed by atoms with Crippen molar-refractivity contribution in [1.82, 2.24) is 10.2 Å². The van der Waals surface area contributed by atoms with Crippen LogP contribution in [-0.2, 0) is 20.9 Å². The van der Waals surface area contributed by atoms with Gasteiger partial charge in [-0.2, -0.15) is 5.10 Å². The highest BCUT2D eigenvalue weighted by Crippen LogP contribution is 2.43. The van der Waals surface area contributed by atoms with Crippen LogP contribution in [0.4, 0.5) is 0 Å². The minimum atomic E-state index is -2.47. The predicted octanol–water partition coefficient (Wildman–Crippen LogP) is 2.24. The molecule has 0 radical (unpaired) electrons. The SMILES string of the molecule is CCOP(=S)(N/N=C/c1ccc[nH]1)OCC. The van der Waals surface area contributed by atoms with Crippen LogP contribution < -0.4 is 5.20 Å². The van der Waals surface area contributed by atoms with Gasteiger partial charge in [-0.15, -0.1) is 0 Å². The molecule has 1 heterocycles. The highest BCUT2D eigenvalue weighted by Gasteiger charge is 2.15. The average molecular weight is 261 g/mol. The molecule has 0 saturated carbocycles. The van der Waals surface area contributed by atoms with Crippen molar-refractivity contribution in [3.05, 3.63) is 24.0 Å². The van der Waals surface area contributed by atoms with E-state index < -0.39 is 6.64 Å². The highest BCUT2D eigenvalue weighted by molar-refractivity contribution is 8.08. The van der Waals surface area contributed by atoms with E-state index in [2.05, 4.69) is 15.3 Å². The number of aromatic amines is 1. The number of nitrogens with one attached hydrogen (secondary N) is 2. The molecular formula is C9H16N3O2PS. The maximum absolute atomic E-state index is 5.36. The molecule has 0 aliphatic carbocycles. The molecule has 1 aromatic rings. The maximum Gasteiger partial charge on any atom is 0.303 e. The van der Waals surface area contributed by atoms with Gasteiger partial charge in [-0.25, -0.2) is 5.20 Å². The fraction of sp³-hybridized carbons (Fsp3) is 0.444. The van der Waals surface area contributed by atoms with Gasteiger partial charge in [0.05, 0.1) is 25.1 Å². The van der Waals surface area contributed by atoms with Crippen LogP contribution in [-0.4, -0.2) is 24.4 Å². The summed E-state index contributed by atoms with van der Waals surface area (Å²) in [6.45, 7) is 2.28. The van der Waals surface area contributed by atoms with Gasteiger partial charge >= 0.3 is 6.64 Å². The van der Waals surface area contributed by atoms with Crippen molar-refractivity contribution in [2.24, 2.45) is 5.10 Å². The molecule has 0 saturated heterocycles. The zero-order chi connectivity index (χ0) is 11.9. The Morgan fingerprint density at radius 1 is 1.50 bits per heavy atom. The Morgan fingerprint density at radius 2 is 2.19 bits per heavy atom. The number of rotatable bonds is 7. The molecule has 90 valence electrons. The third-order valence-electron chi connectivity index (χ3n) is 1.60. The van der Waals surface area contributed by atoms with Crippen LogP contribution in [0.5, 0.6) is 0 Å². The van der Waals surface area contributed by atoms with Gasteiger partial charge in [0.25, 0.3) is 0 Å². The maximum atomic E-state index is 5.36. The molecule has 7 heteroatoms. The minimum Gasteiger partial charge on any atom is -0.360 e. The van der Waals surface area contributed by atoms with Crippen LogP contribution in [0, 0.1) is 0 Å². The Morgan fingerprint density at radius 3 is 2.69 bits per heavy atom. The average Bonchev–Trinajstić information content (AvgIpc) is 2.71. The van der Waals surface area contributed by atoms with Crippen molar-refractivity contribution in [1.29, 1.82) is 0 Å². The minimum absolute atomic E-state index is 0.502. The van der Waals surface area contributed by atoms with E-state index in [0.29, 0.717) is 13.2 Å². The van der Waals surface area contributed by atoms with Gasteiger partial charge in [0.2, 0.25) is 0 Å². The summed E-state index contributed by atoms with van der Waals surface area (Å²) in [4.78, 5) is 2.99. The Bertz CT molecular complexity index is 357. The molecule has 0 unspecified atom stereocenters. The lowest BCUT2D eigenvalue weighted by atomic mass is 10.5. The molecule has 0 spiro atoms. The van der Waals surface area contributed by atoms with Gasteiger partial charge in [0.15, 0.2) is 0 Å². The molecule has 1 aromatic heterocycles. The Hall–Kier alpha value is -0.680. The van der Waals surface area contributed by atoms with Gasteiger partial charge in [-0.05, 0) is 37.8 Å². The fourth-order valence-electron chi connectivity index (χ4n) is 1.03. The topological polar surface area (TPSA) is 58.6 Å². The first-order valence-corrected chi connectivity index (χ1v) is 7.67. The van der Waals surface area contributed by atoms with E-state index in [1.807, 2.05) is 32.2 Å². The molecule has 0 amide bonds. The fourth-order valence-corrected chi connectivity index (χ4v) is 2.87. The lowest BCUT2D eigenvalue weighted by Gasteiger charge is -2.19. The summed E-state index contributed by atoms with van der Waals surface area (Å²) in [6, 6.07) is 3.79. The van der Waals surface area contributed by atoms with E-state index in [4.69, 9.17) is 20.9 Å². The Balaban J connectivity index is 2.53. The van der Waals surface area contributed by atoms with Gasteiger partial charge in [0, 0.05) is 6.20 Å². The largest absolute Gasteiger partial charge is 0.360 e. The summed E-state index contributed by atoms with van der Waals surface area (Å²) in [6.07, 6.45) is 3.46. The molecule has 5 nitrogen and oxygen atoms in total. The van der Waals surface area contributed by atoms with Gasteiger partial charge in [-0.3, -0.25) is 0 Å². The second kappa shape index (κ2) is 6.81. The molecule has 0 aromatic carbocycles. The third-order valence-corrected chi connectivity index (χ3v) is 4.04. The molecule has 0 fully saturated rings. The number of hydrazone groups is 1. The molecule has 2 N–H and O–H groups in total. The number of hydrogen-bond acceptors (Lipinski definition) is 4. The molecule has 0 aliphatic heterocycles. The van der Waals surface area contributed by atoms with Gasteiger partial charge in [0.1, 0.15) is 0 Å². The van der Waals surface area contributed by atoms with E-state index in [9.17, 15) is 0 Å². The summed E-state index contributed by atoms with van der Waals surface area (Å²) >= 11 is 5.23. The highest BCUT2D eigenvalue weighted by atomic mass is 32.5. The lowest BCUT2D eigenvalue weighted by molar-refractivity contribution is 0.259. The summed E-state index contributed by atoms with van der Waals surface area (Å²) in [5.41, 5.74) is 0.891. The van der Waals surface area contributed by atoms with E-state index >= 15 is 0 Å². The normalized spacial score (nSPS) is 12.1. The predicted molar refractivity (Wildman–Crippen MR) is 69.1 cm³/mol. The smallest absolute Gasteiger partial charge is 0.303 e. The molecule has 1 rings (SSSR count). The number of hydrogen-bond donors (Lipinski definition) is 2. The van der Waals surface area contributed by atoms with Crippen LogP contribution in [0.15, 0.2) is 23.4 Å². The Labute approximate surface area is 100 Å². The van der Waals surface area contributed by atoms with E-state index in [1.54, 1.807) is 6.21 Å². The third kappa shape index (κ3) is 4.45. The van der Waals surface area contributed by atoms with Crippen molar-refractivity contribution < 1.29 is 9.05 Å². The van der Waals surface area contributed by atoms with E-state index in [0.717, 1.165) is 5.69 Å². The molecule has 0 aliphatic rings. The summed E-state index contributed by atoms with van der Waals surface area (Å²) in [7, 11) is 0. The number of H-pyrrole nitrogens is 1. The van der Waals surface area contributed by atoms with Crippen molar-refractivity contribution in [2.45, 2.75) is 13.8 Å². The monoisotopic (exact) mass is 261 g/mol. The molecular weight excluding hydrogens is 245 g/mol. The summed E-state index contributed by atoms with van der Waals surface area (Å²) < 4.78 is 10.7. The van der Waals surface area contributed by atoms with E-state index in [-0.39, 0.29) is 0 Å². The first-order chi connectivity index (χ1) is 7.70. The van der Waals surface area contributed by atoms with Crippen LogP contribution in [0.2, 0.25) is 0 Å². The van der Waals surface area contributed by atoms with Crippen LogP contribution in [0.3, 0.4) is 0 Å². The van der Waals surface area contributed by atoms with Crippen LogP contribution in [0.25, 0.3) is 0 Å².